The zero-order valence-electron chi connectivity index (χ0n) is 8.34. The molecule has 0 aliphatic rings. The van der Waals surface area contributed by atoms with Crippen LogP contribution in [0.1, 0.15) is 11.1 Å². The quantitative estimate of drug-likeness (QED) is 0.694. The van der Waals surface area contributed by atoms with E-state index in [0.717, 1.165) is 12.4 Å². The van der Waals surface area contributed by atoms with Gasteiger partial charge in [0, 0.05) is 25.7 Å². The summed E-state index contributed by atoms with van der Waals surface area (Å²) in [6, 6.07) is 2.13. The number of pyridine rings is 1. The molecule has 0 aliphatic carbocycles. The highest BCUT2D eigenvalue weighted by atomic mass is 35.5. The molecule has 0 aromatic carbocycles. The van der Waals surface area contributed by atoms with Crippen molar-refractivity contribution in [3.8, 4) is 0 Å². The standard InChI is InChI=1S/C10H15ClN2/c1-8-6-9(2)10(12-7-8)13(3)5-4-11/h6-7H,4-5H2,1-3H3. The number of nitrogens with zero attached hydrogens (tertiary/aromatic N) is 2. The van der Waals surface area contributed by atoms with Crippen molar-refractivity contribution in [2.45, 2.75) is 13.8 Å². The van der Waals surface area contributed by atoms with Gasteiger partial charge in [0.05, 0.1) is 0 Å². The fourth-order valence-corrected chi connectivity index (χ4v) is 1.59. The molecule has 0 amide bonds. The summed E-state index contributed by atoms with van der Waals surface area (Å²) in [6.45, 7) is 4.95. The van der Waals surface area contributed by atoms with E-state index >= 15 is 0 Å². The van der Waals surface area contributed by atoms with Crippen LogP contribution in [0.4, 0.5) is 5.82 Å². The molecule has 0 aliphatic heterocycles. The molecule has 0 spiro atoms. The monoisotopic (exact) mass is 198 g/mol. The molecule has 0 saturated heterocycles. The fourth-order valence-electron chi connectivity index (χ4n) is 1.34. The maximum atomic E-state index is 5.66. The third kappa shape index (κ3) is 2.59. The Morgan fingerprint density at radius 1 is 1.46 bits per heavy atom. The number of aryl methyl sites for hydroxylation is 2. The molecule has 72 valence electrons. The highest BCUT2D eigenvalue weighted by molar-refractivity contribution is 6.18. The van der Waals surface area contributed by atoms with E-state index in [0.29, 0.717) is 5.88 Å². The van der Waals surface area contributed by atoms with Crippen LogP contribution < -0.4 is 4.90 Å². The number of aromatic nitrogens is 1. The van der Waals surface area contributed by atoms with Crippen molar-refractivity contribution in [2.24, 2.45) is 0 Å². The molecule has 0 radical (unpaired) electrons. The van der Waals surface area contributed by atoms with Crippen LogP contribution in [0.3, 0.4) is 0 Å². The van der Waals surface area contributed by atoms with Gasteiger partial charge in [0.1, 0.15) is 5.82 Å². The van der Waals surface area contributed by atoms with Gasteiger partial charge < -0.3 is 4.90 Å². The van der Waals surface area contributed by atoms with Gasteiger partial charge in [0.25, 0.3) is 0 Å². The molecule has 0 saturated carbocycles. The van der Waals surface area contributed by atoms with E-state index in [2.05, 4.69) is 22.9 Å². The third-order valence-electron chi connectivity index (χ3n) is 1.97. The van der Waals surface area contributed by atoms with Crippen LogP contribution in [0.25, 0.3) is 0 Å². The number of halogens is 1. The summed E-state index contributed by atoms with van der Waals surface area (Å²) < 4.78 is 0. The fraction of sp³-hybridized carbons (Fsp3) is 0.500. The number of alkyl halides is 1. The van der Waals surface area contributed by atoms with E-state index in [1.807, 2.05) is 20.2 Å². The average Bonchev–Trinajstić information content (AvgIpc) is 2.04. The zero-order valence-corrected chi connectivity index (χ0v) is 9.10. The summed E-state index contributed by atoms with van der Waals surface area (Å²) in [7, 11) is 2.01. The summed E-state index contributed by atoms with van der Waals surface area (Å²) in [5, 5.41) is 0. The first-order valence-corrected chi connectivity index (χ1v) is 4.89. The molecule has 1 aromatic rings. The summed E-state index contributed by atoms with van der Waals surface area (Å²) in [5.74, 6) is 1.65. The SMILES string of the molecule is Cc1cnc(N(C)CCCl)c(C)c1. The number of rotatable bonds is 3. The van der Waals surface area contributed by atoms with Gasteiger partial charge in [-0.15, -0.1) is 11.6 Å². The summed E-state index contributed by atoms with van der Waals surface area (Å²) in [6.07, 6.45) is 1.88. The topological polar surface area (TPSA) is 16.1 Å². The van der Waals surface area contributed by atoms with Gasteiger partial charge in [0.2, 0.25) is 0 Å². The van der Waals surface area contributed by atoms with Crippen molar-refractivity contribution in [1.29, 1.82) is 0 Å². The predicted octanol–water partition coefficient (Wildman–Crippen LogP) is 2.37. The van der Waals surface area contributed by atoms with E-state index in [-0.39, 0.29) is 0 Å². The Hall–Kier alpha value is -0.760. The van der Waals surface area contributed by atoms with Crippen LogP contribution in [-0.2, 0) is 0 Å². The number of hydrogen-bond donors (Lipinski definition) is 0. The highest BCUT2D eigenvalue weighted by Gasteiger charge is 2.04. The van der Waals surface area contributed by atoms with Gasteiger partial charge in [0.15, 0.2) is 0 Å². The van der Waals surface area contributed by atoms with Gasteiger partial charge in [-0.1, -0.05) is 6.07 Å². The Bertz CT molecular complexity index is 286. The van der Waals surface area contributed by atoms with Crippen LogP contribution in [0.2, 0.25) is 0 Å². The molecule has 0 fully saturated rings. The van der Waals surface area contributed by atoms with E-state index < -0.39 is 0 Å². The van der Waals surface area contributed by atoms with Crippen LogP contribution in [-0.4, -0.2) is 24.5 Å². The molecular formula is C10H15ClN2. The Labute approximate surface area is 84.5 Å². The van der Waals surface area contributed by atoms with Crippen molar-refractivity contribution in [3.63, 3.8) is 0 Å². The second-order valence-electron chi connectivity index (χ2n) is 3.26. The lowest BCUT2D eigenvalue weighted by atomic mass is 10.2. The van der Waals surface area contributed by atoms with E-state index in [1.165, 1.54) is 11.1 Å². The molecule has 1 aromatic heterocycles. The molecule has 13 heavy (non-hydrogen) atoms. The van der Waals surface area contributed by atoms with E-state index in [1.54, 1.807) is 0 Å². The minimum atomic E-state index is 0.630. The summed E-state index contributed by atoms with van der Waals surface area (Å²) in [4.78, 5) is 6.43. The molecule has 1 rings (SSSR count). The maximum absolute atomic E-state index is 5.66. The molecule has 0 atom stereocenters. The Morgan fingerprint density at radius 3 is 2.69 bits per heavy atom. The van der Waals surface area contributed by atoms with Crippen molar-refractivity contribution in [1.82, 2.24) is 4.98 Å². The average molecular weight is 199 g/mol. The normalized spacial score (nSPS) is 10.2. The summed E-state index contributed by atoms with van der Waals surface area (Å²) >= 11 is 5.66. The van der Waals surface area contributed by atoms with Crippen molar-refractivity contribution in [3.05, 3.63) is 23.4 Å². The first-order valence-electron chi connectivity index (χ1n) is 4.35. The van der Waals surface area contributed by atoms with Gasteiger partial charge >= 0.3 is 0 Å². The lowest BCUT2D eigenvalue weighted by Crippen LogP contribution is -2.21. The van der Waals surface area contributed by atoms with Crippen molar-refractivity contribution >= 4 is 17.4 Å². The van der Waals surface area contributed by atoms with Crippen molar-refractivity contribution < 1.29 is 0 Å². The second kappa shape index (κ2) is 4.47. The van der Waals surface area contributed by atoms with E-state index in [9.17, 15) is 0 Å². The van der Waals surface area contributed by atoms with Crippen LogP contribution in [0.5, 0.6) is 0 Å². The molecule has 3 heteroatoms. The van der Waals surface area contributed by atoms with Crippen LogP contribution in [0.15, 0.2) is 12.3 Å². The number of hydrogen-bond acceptors (Lipinski definition) is 2. The zero-order chi connectivity index (χ0) is 9.84. The van der Waals surface area contributed by atoms with Gasteiger partial charge in [-0.2, -0.15) is 0 Å². The molecule has 0 N–H and O–H groups in total. The predicted molar refractivity (Wildman–Crippen MR) is 57.7 cm³/mol. The second-order valence-corrected chi connectivity index (χ2v) is 3.64. The highest BCUT2D eigenvalue weighted by Crippen LogP contribution is 2.15. The Balaban J connectivity index is 2.88. The smallest absolute Gasteiger partial charge is 0.131 e. The van der Waals surface area contributed by atoms with E-state index in [4.69, 9.17) is 11.6 Å². The van der Waals surface area contributed by atoms with Crippen LogP contribution in [0, 0.1) is 13.8 Å². The lowest BCUT2D eigenvalue weighted by Gasteiger charge is -2.18. The first kappa shape index (κ1) is 10.3. The van der Waals surface area contributed by atoms with Gasteiger partial charge in [-0.3, -0.25) is 0 Å². The minimum Gasteiger partial charge on any atom is -0.358 e. The first-order chi connectivity index (χ1) is 6.15. The molecular weight excluding hydrogens is 184 g/mol. The van der Waals surface area contributed by atoms with Gasteiger partial charge in [-0.05, 0) is 25.0 Å². The largest absolute Gasteiger partial charge is 0.358 e. The Morgan fingerprint density at radius 2 is 2.15 bits per heavy atom. The number of anilines is 1. The van der Waals surface area contributed by atoms with Gasteiger partial charge in [-0.25, -0.2) is 4.98 Å². The molecule has 1 heterocycles. The minimum absolute atomic E-state index is 0.630. The van der Waals surface area contributed by atoms with Crippen molar-refractivity contribution in [2.75, 3.05) is 24.4 Å². The Kier molecular flexibility index (Phi) is 3.55. The molecule has 0 unspecified atom stereocenters. The maximum Gasteiger partial charge on any atom is 0.131 e. The van der Waals surface area contributed by atoms with Crippen LogP contribution >= 0.6 is 11.6 Å². The summed E-state index contributed by atoms with van der Waals surface area (Å²) in [5.41, 5.74) is 2.40. The molecule has 0 bridgehead atoms. The third-order valence-corrected chi connectivity index (χ3v) is 2.14. The molecule has 2 nitrogen and oxygen atoms in total. The lowest BCUT2D eigenvalue weighted by molar-refractivity contribution is 0.931.